The van der Waals surface area contributed by atoms with E-state index >= 15 is 0 Å². The lowest BCUT2D eigenvalue weighted by atomic mass is 9.58. The van der Waals surface area contributed by atoms with Crippen LogP contribution in [0.5, 0.6) is 0 Å². The molecule has 0 amide bonds. The van der Waals surface area contributed by atoms with Crippen molar-refractivity contribution < 1.29 is 10.2 Å². The van der Waals surface area contributed by atoms with E-state index < -0.39 is 5.60 Å². The highest BCUT2D eigenvalue weighted by Crippen LogP contribution is 2.61. The van der Waals surface area contributed by atoms with Gasteiger partial charge in [0, 0.05) is 41.5 Å². The normalized spacial score (nSPS) is 31.9. The average Bonchev–Trinajstić information content (AvgIpc) is 3.21. The number of aliphatic hydroxyl groups excluding tert-OH is 1. The van der Waals surface area contributed by atoms with Crippen molar-refractivity contribution in [2.45, 2.75) is 70.5 Å². The third-order valence-electron chi connectivity index (χ3n) is 9.58. The summed E-state index contributed by atoms with van der Waals surface area (Å²) in [5, 5.41) is 24.7. The number of rotatable bonds is 1. The van der Waals surface area contributed by atoms with E-state index in [4.69, 9.17) is 0 Å². The summed E-state index contributed by atoms with van der Waals surface area (Å²) >= 11 is 0. The molecule has 4 heteroatoms. The minimum Gasteiger partial charge on any atom is -0.393 e. The number of aromatic nitrogens is 2. The Morgan fingerprint density at radius 3 is 2.61 bits per heavy atom. The van der Waals surface area contributed by atoms with Crippen LogP contribution in [-0.2, 0) is 0 Å². The number of pyridine rings is 2. The standard InChI is InChI=1S/C28H31NO2.C6H7N/c1-27-11-9-23-15-21-16-24(30)5-4-18(21)8-12-28(23,31)26(27)7-6-25(27)20-3-2-19-10-13-29-17-22(19)14-20;1-6-3-2-4-7-5-6/h2-3,6,9-10,13-15,17-18,24,26,30-31H,4-5,7-8,11-12,16H2,1H3;2-5H,1H3/t18?,24?,26?,27?,28-;/m1./s1. The van der Waals surface area contributed by atoms with Gasteiger partial charge in [-0.1, -0.05) is 48.9 Å². The molecule has 5 atom stereocenters. The van der Waals surface area contributed by atoms with Crippen LogP contribution in [0, 0.1) is 24.2 Å². The Balaban J connectivity index is 0.000000330. The van der Waals surface area contributed by atoms with Crippen molar-refractivity contribution >= 4 is 16.3 Å². The molecule has 0 aliphatic heterocycles. The number of aryl methyl sites for hydroxylation is 1. The number of allylic oxidation sites excluding steroid dienone is 3. The molecular formula is C34H38N2O2. The van der Waals surface area contributed by atoms with Gasteiger partial charge in [-0.3, -0.25) is 9.97 Å². The number of fused-ring (bicyclic) bond motifs is 5. The van der Waals surface area contributed by atoms with Crippen LogP contribution in [0.4, 0.5) is 0 Å². The molecule has 3 aromatic rings. The largest absolute Gasteiger partial charge is 0.393 e. The maximum Gasteiger partial charge on any atom is 0.0933 e. The van der Waals surface area contributed by atoms with E-state index in [1.165, 1.54) is 33.0 Å². The van der Waals surface area contributed by atoms with Gasteiger partial charge >= 0.3 is 0 Å². The number of aliphatic hydroxyl groups is 2. The van der Waals surface area contributed by atoms with Crippen LogP contribution >= 0.6 is 0 Å². The summed E-state index contributed by atoms with van der Waals surface area (Å²) < 4.78 is 0. The molecule has 2 aromatic heterocycles. The molecule has 0 saturated heterocycles. The fourth-order valence-corrected chi connectivity index (χ4v) is 7.46. The van der Waals surface area contributed by atoms with Crippen molar-refractivity contribution in [3.05, 3.63) is 102 Å². The molecule has 4 nitrogen and oxygen atoms in total. The van der Waals surface area contributed by atoms with E-state index in [1.807, 2.05) is 37.6 Å². The maximum absolute atomic E-state index is 12.1. The van der Waals surface area contributed by atoms with Crippen LogP contribution in [0.25, 0.3) is 16.3 Å². The Labute approximate surface area is 225 Å². The summed E-state index contributed by atoms with van der Waals surface area (Å²) in [6.07, 6.45) is 20.5. The van der Waals surface area contributed by atoms with Crippen LogP contribution < -0.4 is 0 Å². The van der Waals surface area contributed by atoms with Gasteiger partial charge in [-0.15, -0.1) is 0 Å². The predicted octanol–water partition coefficient (Wildman–Crippen LogP) is 6.98. The highest BCUT2D eigenvalue weighted by molar-refractivity contribution is 5.87. The molecule has 2 N–H and O–H groups in total. The molecule has 1 aromatic carbocycles. The zero-order valence-electron chi connectivity index (χ0n) is 22.5. The third kappa shape index (κ3) is 4.44. The first-order valence-electron chi connectivity index (χ1n) is 14.1. The van der Waals surface area contributed by atoms with Crippen LogP contribution in [0.2, 0.25) is 0 Å². The van der Waals surface area contributed by atoms with Crippen molar-refractivity contribution in [2.75, 3.05) is 0 Å². The Morgan fingerprint density at radius 2 is 1.82 bits per heavy atom. The van der Waals surface area contributed by atoms with E-state index in [-0.39, 0.29) is 17.4 Å². The maximum atomic E-state index is 12.1. The molecule has 7 rings (SSSR count). The van der Waals surface area contributed by atoms with Crippen molar-refractivity contribution in [3.8, 4) is 0 Å². The minimum absolute atomic E-state index is 0.0678. The summed E-state index contributed by atoms with van der Waals surface area (Å²) in [5.74, 6) is 0.716. The van der Waals surface area contributed by atoms with Gasteiger partial charge in [0.05, 0.1) is 11.7 Å². The van der Waals surface area contributed by atoms with Gasteiger partial charge in [-0.2, -0.15) is 0 Å². The SMILES string of the molecule is CC12CC=C3C=C4CC(O)CCC4CC[C@]3(O)C1CC=C2c1ccc2ccncc2c1.Cc1cccnc1. The molecule has 1 saturated carbocycles. The van der Waals surface area contributed by atoms with Gasteiger partial charge in [0.1, 0.15) is 0 Å². The summed E-state index contributed by atoms with van der Waals surface area (Å²) in [6, 6.07) is 12.7. The average molecular weight is 507 g/mol. The Morgan fingerprint density at radius 1 is 0.947 bits per heavy atom. The van der Waals surface area contributed by atoms with E-state index in [1.54, 1.807) is 6.20 Å². The topological polar surface area (TPSA) is 66.2 Å². The molecule has 0 bridgehead atoms. The van der Waals surface area contributed by atoms with Crippen LogP contribution in [-0.4, -0.2) is 31.9 Å². The molecule has 4 aliphatic carbocycles. The van der Waals surface area contributed by atoms with E-state index in [0.29, 0.717) is 5.92 Å². The second-order valence-corrected chi connectivity index (χ2v) is 12.0. The summed E-state index contributed by atoms with van der Waals surface area (Å²) in [6.45, 7) is 4.37. The van der Waals surface area contributed by atoms with Crippen molar-refractivity contribution in [1.82, 2.24) is 9.97 Å². The molecule has 196 valence electrons. The zero-order chi connectivity index (χ0) is 26.3. The lowest BCUT2D eigenvalue weighted by Gasteiger charge is -2.48. The van der Waals surface area contributed by atoms with Gasteiger partial charge in [-0.25, -0.2) is 0 Å². The van der Waals surface area contributed by atoms with Crippen molar-refractivity contribution in [3.63, 3.8) is 0 Å². The van der Waals surface area contributed by atoms with Gasteiger partial charge < -0.3 is 10.2 Å². The first-order chi connectivity index (χ1) is 18.4. The molecular weight excluding hydrogens is 468 g/mol. The van der Waals surface area contributed by atoms with Crippen molar-refractivity contribution in [2.24, 2.45) is 17.3 Å². The van der Waals surface area contributed by atoms with Gasteiger partial charge in [0.2, 0.25) is 0 Å². The second-order valence-electron chi connectivity index (χ2n) is 12.0. The summed E-state index contributed by atoms with van der Waals surface area (Å²) in [4.78, 5) is 8.19. The molecule has 1 fully saturated rings. The Kier molecular flexibility index (Phi) is 6.57. The van der Waals surface area contributed by atoms with Crippen LogP contribution in [0.1, 0.15) is 63.0 Å². The highest BCUT2D eigenvalue weighted by atomic mass is 16.3. The third-order valence-corrected chi connectivity index (χ3v) is 9.58. The van der Waals surface area contributed by atoms with Gasteiger partial charge in [0.15, 0.2) is 0 Å². The van der Waals surface area contributed by atoms with Crippen LogP contribution in [0.15, 0.2) is 90.6 Å². The molecule has 38 heavy (non-hydrogen) atoms. The van der Waals surface area contributed by atoms with Crippen molar-refractivity contribution in [1.29, 1.82) is 0 Å². The Bertz CT molecular complexity index is 1420. The van der Waals surface area contributed by atoms with E-state index in [9.17, 15) is 10.2 Å². The monoisotopic (exact) mass is 506 g/mol. The number of benzene rings is 1. The summed E-state index contributed by atoms with van der Waals surface area (Å²) in [7, 11) is 0. The number of hydrogen-bond acceptors (Lipinski definition) is 4. The second kappa shape index (κ2) is 9.91. The van der Waals surface area contributed by atoms with E-state index in [2.05, 4.69) is 59.4 Å². The van der Waals surface area contributed by atoms with Gasteiger partial charge in [0.25, 0.3) is 0 Å². The fourth-order valence-electron chi connectivity index (χ4n) is 7.46. The quantitative estimate of drug-likeness (QED) is 0.374. The lowest BCUT2D eigenvalue weighted by molar-refractivity contribution is -0.0330. The van der Waals surface area contributed by atoms with Gasteiger partial charge in [-0.05, 0) is 104 Å². The number of nitrogens with zero attached hydrogens (tertiary/aromatic N) is 2. The molecule has 4 unspecified atom stereocenters. The zero-order valence-corrected chi connectivity index (χ0v) is 22.5. The Hall–Kier alpha value is -3.08. The number of hydrogen-bond donors (Lipinski definition) is 2. The molecule has 2 heterocycles. The fraction of sp³-hybridized carbons (Fsp3) is 0.412. The molecule has 0 spiro atoms. The predicted molar refractivity (Wildman–Crippen MR) is 153 cm³/mol. The first-order valence-corrected chi connectivity index (χ1v) is 14.1. The molecule has 4 aliphatic rings. The van der Waals surface area contributed by atoms with E-state index in [0.717, 1.165) is 50.5 Å². The summed E-state index contributed by atoms with van der Waals surface area (Å²) in [5.41, 5.74) is 5.46. The minimum atomic E-state index is -0.779. The molecule has 0 radical (unpaired) electrons. The smallest absolute Gasteiger partial charge is 0.0933 e. The van der Waals surface area contributed by atoms with Crippen LogP contribution in [0.3, 0.4) is 0 Å². The lowest BCUT2D eigenvalue weighted by Crippen LogP contribution is -2.48. The first kappa shape index (κ1) is 25.2. The highest BCUT2D eigenvalue weighted by Gasteiger charge is 2.55.